The van der Waals surface area contributed by atoms with Crippen molar-refractivity contribution in [3.8, 4) is 0 Å². The molecule has 0 aromatic heterocycles. The zero-order valence-electron chi connectivity index (χ0n) is 39.9. The molecule has 1 amide bonds. The topological polar surface area (TPSA) is 195 Å². The molecule has 3 heterocycles. The Kier molecular flexibility index (Phi) is 20.3. The molecule has 1 aliphatic carbocycles. The van der Waals surface area contributed by atoms with E-state index in [1.807, 2.05) is 58.1 Å². The molecule has 0 radical (unpaired) electrons. The number of carbonyl (C=O) groups is 5. The first kappa shape index (κ1) is 53.2. The van der Waals surface area contributed by atoms with Crippen LogP contribution in [0.3, 0.4) is 0 Å². The Labute approximate surface area is 380 Å². The molecule has 64 heavy (non-hydrogen) atoms. The van der Waals surface area contributed by atoms with Crippen molar-refractivity contribution in [1.29, 1.82) is 0 Å². The van der Waals surface area contributed by atoms with Crippen LogP contribution >= 0.6 is 0 Å². The maximum Gasteiger partial charge on any atom is 0.329 e. The third-order valence-corrected chi connectivity index (χ3v) is 14.2. The van der Waals surface area contributed by atoms with Crippen LogP contribution in [0.25, 0.3) is 0 Å². The number of aliphatic hydroxyl groups is 3. The van der Waals surface area contributed by atoms with Crippen molar-refractivity contribution in [2.45, 2.75) is 174 Å². The number of ether oxygens (including phenoxy) is 5. The minimum atomic E-state index is -2.42. The molecular formula is C50H77NO13. The first-order chi connectivity index (χ1) is 30.2. The van der Waals surface area contributed by atoms with Gasteiger partial charge in [-0.2, -0.15) is 0 Å². The van der Waals surface area contributed by atoms with Crippen LogP contribution in [0.4, 0.5) is 0 Å². The number of esters is 1. The number of allylic oxidation sites excluding steroid dienone is 6. The number of Topliss-reactive ketones (excluding diaryl/α,β-unsaturated/α-hetero) is 3. The molecule has 360 valence electrons. The lowest BCUT2D eigenvalue weighted by molar-refractivity contribution is -0.265. The molecule has 1 saturated carbocycles. The average Bonchev–Trinajstić information content (AvgIpc) is 3.76. The van der Waals surface area contributed by atoms with Crippen molar-refractivity contribution >= 4 is 29.2 Å². The molecular weight excluding hydrogens is 823 g/mol. The van der Waals surface area contributed by atoms with Gasteiger partial charge in [0.1, 0.15) is 30.1 Å². The number of hydrogen-bond acceptors (Lipinski definition) is 13. The molecule has 15 atom stereocenters. The number of carbonyl (C=O) groups excluding carboxylic acids is 5. The molecule has 3 aliphatic heterocycles. The lowest BCUT2D eigenvalue weighted by atomic mass is 9.78. The molecule has 0 aromatic carbocycles. The molecule has 4 aliphatic rings. The lowest BCUT2D eigenvalue weighted by Gasteiger charge is -2.41. The summed E-state index contributed by atoms with van der Waals surface area (Å²) in [6, 6.07) is -1.13. The summed E-state index contributed by atoms with van der Waals surface area (Å²) in [5, 5.41) is 33.7. The highest BCUT2D eigenvalue weighted by Crippen LogP contribution is 2.38. The molecule has 0 aromatic rings. The van der Waals surface area contributed by atoms with E-state index < -0.39 is 83.9 Å². The molecule has 4 rings (SSSR count). The summed E-state index contributed by atoms with van der Waals surface area (Å²) >= 11 is 0. The maximum atomic E-state index is 14.2. The fourth-order valence-electron chi connectivity index (χ4n) is 9.95. The second kappa shape index (κ2) is 24.4. The van der Waals surface area contributed by atoms with E-state index in [1.165, 1.54) is 7.11 Å². The number of ketones is 3. The van der Waals surface area contributed by atoms with Crippen LogP contribution in [0.1, 0.15) is 119 Å². The van der Waals surface area contributed by atoms with Crippen molar-refractivity contribution in [2.24, 2.45) is 35.5 Å². The molecule has 14 nitrogen and oxygen atoms in total. The Hall–Kier alpha value is -3.37. The van der Waals surface area contributed by atoms with Crippen molar-refractivity contribution in [2.75, 3.05) is 27.9 Å². The lowest BCUT2D eigenvalue weighted by Crippen LogP contribution is -2.59. The van der Waals surface area contributed by atoms with Crippen LogP contribution in [0.5, 0.6) is 0 Å². The van der Waals surface area contributed by atoms with E-state index in [9.17, 15) is 39.3 Å². The summed E-state index contributed by atoms with van der Waals surface area (Å²) < 4.78 is 29.2. The van der Waals surface area contributed by atoms with Gasteiger partial charge in [-0.25, -0.2) is 4.79 Å². The summed E-state index contributed by atoms with van der Waals surface area (Å²) in [6.45, 7) is 12.7. The SMILES string of the molecule is CO[C@H]1C[C@@H]2CC[C@@H](C)[C@@](O)(O2)C(=O)C(=O)N2CCC[C@H]2C(=O)O[C@H]([C@H](C)C[C@@H]2CC[C@@H](O)[C@H](OC)C2)CC(=O)[C@H](C)/C=C(/C)[C@@H](O)[C@@H](OC)C(=O)[C@H](C)C[C@H](C)\C=C/C=C\C=C/1C. The van der Waals surface area contributed by atoms with Gasteiger partial charge in [-0.05, 0) is 101 Å². The van der Waals surface area contributed by atoms with Crippen LogP contribution in [0.15, 0.2) is 47.6 Å². The van der Waals surface area contributed by atoms with E-state index in [1.54, 1.807) is 41.1 Å². The van der Waals surface area contributed by atoms with Crippen molar-refractivity contribution in [3.63, 3.8) is 0 Å². The predicted molar refractivity (Wildman–Crippen MR) is 241 cm³/mol. The molecule has 3 fully saturated rings. The molecule has 14 heteroatoms. The van der Waals surface area contributed by atoms with Gasteiger partial charge in [-0.3, -0.25) is 19.2 Å². The third kappa shape index (κ3) is 13.6. The van der Waals surface area contributed by atoms with Crippen LogP contribution < -0.4 is 0 Å². The molecule has 0 unspecified atom stereocenters. The second-order valence-electron chi connectivity index (χ2n) is 19.2. The quantitative estimate of drug-likeness (QED) is 0.165. The van der Waals surface area contributed by atoms with Crippen molar-refractivity contribution in [3.05, 3.63) is 47.6 Å². The Morgan fingerprint density at radius 1 is 0.859 bits per heavy atom. The van der Waals surface area contributed by atoms with Gasteiger partial charge in [0, 0.05) is 58.5 Å². The molecule has 2 saturated heterocycles. The van der Waals surface area contributed by atoms with Gasteiger partial charge in [0.05, 0.1) is 24.4 Å². The van der Waals surface area contributed by atoms with E-state index in [0.717, 1.165) is 16.9 Å². The van der Waals surface area contributed by atoms with Crippen LogP contribution in [0, 0.1) is 35.5 Å². The monoisotopic (exact) mass is 900 g/mol. The fourth-order valence-corrected chi connectivity index (χ4v) is 9.95. The number of methoxy groups -OCH3 is 3. The highest BCUT2D eigenvalue weighted by atomic mass is 16.6. The molecule has 2 bridgehead atoms. The second-order valence-corrected chi connectivity index (χ2v) is 19.2. The van der Waals surface area contributed by atoms with E-state index in [4.69, 9.17) is 23.7 Å². The number of nitrogens with zero attached hydrogens (tertiary/aromatic N) is 1. The number of rotatable bonds is 6. The van der Waals surface area contributed by atoms with Gasteiger partial charge < -0.3 is 43.9 Å². The summed E-state index contributed by atoms with van der Waals surface area (Å²) in [5.74, 6) is -7.97. The average molecular weight is 900 g/mol. The van der Waals surface area contributed by atoms with Crippen molar-refractivity contribution < 1.29 is 63.0 Å². The fraction of sp³-hybridized carbons (Fsp3) is 0.740. The maximum absolute atomic E-state index is 14.2. The summed E-state index contributed by atoms with van der Waals surface area (Å²) in [6.07, 6.45) is 10.5. The Morgan fingerprint density at radius 2 is 1.58 bits per heavy atom. The van der Waals surface area contributed by atoms with Crippen LogP contribution in [-0.2, 0) is 47.7 Å². The summed E-state index contributed by atoms with van der Waals surface area (Å²) in [7, 11) is 4.51. The Balaban J connectivity index is 1.68. The number of hydrogen-bond donors (Lipinski definition) is 3. The van der Waals surface area contributed by atoms with Crippen LogP contribution in [-0.4, -0.2) is 132 Å². The zero-order chi connectivity index (χ0) is 47.5. The van der Waals surface area contributed by atoms with E-state index >= 15 is 0 Å². The highest BCUT2D eigenvalue weighted by Gasteiger charge is 2.53. The first-order valence-electron chi connectivity index (χ1n) is 23.4. The van der Waals surface area contributed by atoms with Gasteiger partial charge in [-0.1, -0.05) is 71.1 Å². The third-order valence-electron chi connectivity index (χ3n) is 14.2. The molecule has 3 N–H and O–H groups in total. The predicted octanol–water partition coefficient (Wildman–Crippen LogP) is 5.79. The van der Waals surface area contributed by atoms with Gasteiger partial charge in [0.25, 0.3) is 11.7 Å². The van der Waals surface area contributed by atoms with Crippen LogP contribution in [0.2, 0.25) is 0 Å². The van der Waals surface area contributed by atoms with Gasteiger partial charge >= 0.3 is 5.97 Å². The standard InChI is InChI=1S/C50H77NO13/c1-29-15-12-11-13-16-30(2)41(60-8)27-37-20-18-35(7)50(59,64-37)47(56)48(57)51-22-14-17-38(51)49(58)63-42(32(4)25-36-19-21-39(52)43(26-36)61-9)28-40(53)31(3)24-34(6)45(55)46(62-10)44(54)33(5)23-29/h11-13,15-16,24,29,31-33,35-39,41-43,45-46,52,55,59H,14,17-23,25-28H2,1-10H3/b13-11-,15-12-,30-16-,34-24-/t29-,31-,32-,33-,35-,36+,37+,38+,39-,41+,42+,43-,45-,46+,50-/m1/s1. The smallest absolute Gasteiger partial charge is 0.329 e. The van der Waals surface area contributed by atoms with Gasteiger partial charge in [-0.15, -0.1) is 0 Å². The minimum Gasteiger partial charge on any atom is -0.460 e. The number of amides is 1. The number of cyclic esters (lactones) is 1. The van der Waals surface area contributed by atoms with E-state index in [0.29, 0.717) is 56.9 Å². The zero-order valence-corrected chi connectivity index (χ0v) is 39.9. The van der Waals surface area contributed by atoms with Gasteiger partial charge in [0.2, 0.25) is 5.79 Å². The Bertz CT molecular complexity index is 1740. The van der Waals surface area contributed by atoms with E-state index in [-0.39, 0.29) is 54.8 Å². The molecule has 0 spiro atoms. The number of aliphatic hydroxyl groups excluding tert-OH is 2. The van der Waals surface area contributed by atoms with Crippen molar-refractivity contribution in [1.82, 2.24) is 4.90 Å². The normalized spacial score (nSPS) is 40.7. The highest BCUT2D eigenvalue weighted by molar-refractivity contribution is 6.39. The van der Waals surface area contributed by atoms with Gasteiger partial charge in [0.15, 0.2) is 5.78 Å². The summed E-state index contributed by atoms with van der Waals surface area (Å²) in [4.78, 5) is 71.2. The minimum absolute atomic E-state index is 0.0199. The van der Waals surface area contributed by atoms with E-state index in [2.05, 4.69) is 0 Å². The first-order valence-corrected chi connectivity index (χ1v) is 23.4. The Morgan fingerprint density at radius 3 is 2.25 bits per heavy atom. The number of fused-ring (bicyclic) bond motifs is 3. The largest absolute Gasteiger partial charge is 0.460 e. The summed E-state index contributed by atoms with van der Waals surface area (Å²) in [5.41, 5.74) is 1.26.